The van der Waals surface area contributed by atoms with Crippen LogP contribution >= 0.6 is 0 Å². The molecule has 4 aromatic rings. The Bertz CT molecular complexity index is 1910. The van der Waals surface area contributed by atoms with Crippen LogP contribution in [0.2, 0.25) is 0 Å². The van der Waals surface area contributed by atoms with Crippen LogP contribution in [0.1, 0.15) is 25.0 Å². The number of aliphatic hydroxyl groups is 1. The van der Waals surface area contributed by atoms with Gasteiger partial charge in [-0.3, -0.25) is 14.9 Å². The van der Waals surface area contributed by atoms with E-state index in [9.17, 15) is 29.6 Å². The maximum Gasteiger partial charge on any atom is 0.355 e. The highest BCUT2D eigenvalue weighted by Crippen LogP contribution is 2.47. The molecule has 1 fully saturated rings. The molecule has 0 unspecified atom stereocenters. The predicted octanol–water partition coefficient (Wildman–Crippen LogP) is 4.51. The van der Waals surface area contributed by atoms with Crippen LogP contribution in [-0.4, -0.2) is 45.6 Å². The summed E-state index contributed by atoms with van der Waals surface area (Å²) in [6.07, 6.45) is -0.908. The Hall–Kier alpha value is -5.49. The summed E-state index contributed by atoms with van der Waals surface area (Å²) in [5.74, 6) is -1.09. The number of hydrogen-bond acceptors (Lipinski definition) is 10. The van der Waals surface area contributed by atoms with Crippen LogP contribution in [0.15, 0.2) is 99.3 Å². The molecule has 6 rings (SSSR count). The average molecular weight is 627 g/mol. The first-order valence-electron chi connectivity index (χ1n) is 14.6. The second-order valence-electron chi connectivity index (χ2n) is 11.3. The van der Waals surface area contributed by atoms with Crippen molar-refractivity contribution >= 4 is 28.5 Å². The van der Waals surface area contributed by atoms with Gasteiger partial charge in [-0.25, -0.2) is 9.59 Å². The van der Waals surface area contributed by atoms with E-state index in [0.29, 0.717) is 33.8 Å². The lowest BCUT2D eigenvalue weighted by molar-refractivity contribution is -0.384. The zero-order chi connectivity index (χ0) is 32.5. The van der Waals surface area contributed by atoms with Gasteiger partial charge in [0.15, 0.2) is 0 Å². The van der Waals surface area contributed by atoms with Crippen molar-refractivity contribution < 1.29 is 38.2 Å². The molecular weight excluding hydrogens is 596 g/mol. The highest BCUT2D eigenvalue weighted by molar-refractivity contribution is 6.00. The smallest absolute Gasteiger partial charge is 0.355 e. The number of non-ortho nitro benzene ring substituents is 1. The second-order valence-corrected chi connectivity index (χ2v) is 11.3. The maximum absolute atomic E-state index is 13.5. The van der Waals surface area contributed by atoms with Crippen LogP contribution < -0.4 is 15.1 Å². The maximum atomic E-state index is 13.5. The first kappa shape index (κ1) is 30.5. The molecule has 1 amide bonds. The molecule has 0 spiro atoms. The second kappa shape index (κ2) is 12.5. The third kappa shape index (κ3) is 5.82. The summed E-state index contributed by atoms with van der Waals surface area (Å²) in [6, 6.07) is 20.7. The van der Waals surface area contributed by atoms with Crippen molar-refractivity contribution in [3.05, 3.63) is 122 Å². The van der Waals surface area contributed by atoms with E-state index in [1.54, 1.807) is 43.3 Å². The lowest BCUT2D eigenvalue weighted by atomic mass is 9.78. The summed E-state index contributed by atoms with van der Waals surface area (Å²) < 4.78 is 23.0. The van der Waals surface area contributed by atoms with E-state index >= 15 is 0 Å². The molecule has 236 valence electrons. The highest BCUT2D eigenvalue weighted by Gasteiger charge is 2.60. The van der Waals surface area contributed by atoms with Gasteiger partial charge >= 0.3 is 11.6 Å². The number of β-lactam (4-membered cyclic amide) rings is 1. The van der Waals surface area contributed by atoms with Crippen molar-refractivity contribution in [3.63, 3.8) is 0 Å². The van der Waals surface area contributed by atoms with Gasteiger partial charge in [0.2, 0.25) is 5.91 Å². The fraction of sp³-hybridized carbons (Fsp3) is 0.265. The van der Waals surface area contributed by atoms with Gasteiger partial charge < -0.3 is 28.6 Å². The minimum atomic E-state index is -0.908. The minimum absolute atomic E-state index is 0.0336. The number of amides is 1. The standard InChI is InChI=1S/C34H30N2O10/c1-19-26(18-44-27-6-4-3-5-23(27)17-43-25-13-9-22-10-14-29(38)46-28(22)15-25)32(35-31(19)30(20(2)37)33(35)39)34(40)45-16-21-7-11-24(12-8-21)36(41)42/h3-15,19-20,30-31,37H,16-18H2,1-2H3/t19-,20+,30+,31+/m0/s1. The summed E-state index contributed by atoms with van der Waals surface area (Å²) in [5, 5.41) is 22.0. The minimum Gasteiger partial charge on any atom is -0.489 e. The van der Waals surface area contributed by atoms with Crippen LogP contribution in [0.25, 0.3) is 11.0 Å². The Kier molecular flexibility index (Phi) is 8.29. The molecule has 1 N–H and O–H groups in total. The van der Waals surface area contributed by atoms with Gasteiger partial charge in [-0.15, -0.1) is 0 Å². The van der Waals surface area contributed by atoms with Crippen LogP contribution in [-0.2, 0) is 27.5 Å². The quantitative estimate of drug-likeness (QED) is 0.0825. The zero-order valence-electron chi connectivity index (χ0n) is 25.0. The SMILES string of the molecule is C[C@@H](O)[C@H]1C(=O)N2C(C(=O)OCc3ccc([N+](=O)[O-])cc3)=C(COc3ccccc3COc3ccc4ccc(=O)oc4c3)[C@H](C)[C@H]12. The normalized spacial score (nSPS) is 19.4. The lowest BCUT2D eigenvalue weighted by Crippen LogP contribution is -2.63. The molecule has 1 saturated heterocycles. The van der Waals surface area contributed by atoms with Gasteiger partial charge in [-0.1, -0.05) is 25.1 Å². The Morgan fingerprint density at radius 3 is 2.48 bits per heavy atom. The van der Waals surface area contributed by atoms with Crippen LogP contribution in [0, 0.1) is 22.0 Å². The van der Waals surface area contributed by atoms with E-state index in [2.05, 4.69) is 0 Å². The molecule has 0 radical (unpaired) electrons. The van der Waals surface area contributed by atoms with E-state index < -0.39 is 34.6 Å². The lowest BCUT2D eigenvalue weighted by Gasteiger charge is -2.46. The predicted molar refractivity (Wildman–Crippen MR) is 164 cm³/mol. The number of rotatable bonds is 11. The number of nitrogens with zero attached hydrogens (tertiary/aromatic N) is 2. The molecule has 3 heterocycles. The Balaban J connectivity index is 1.20. The van der Waals surface area contributed by atoms with E-state index in [4.69, 9.17) is 18.6 Å². The van der Waals surface area contributed by atoms with E-state index in [-0.39, 0.29) is 43.0 Å². The van der Waals surface area contributed by atoms with E-state index in [1.807, 2.05) is 19.1 Å². The number of hydrogen-bond donors (Lipinski definition) is 1. The van der Waals surface area contributed by atoms with Gasteiger partial charge in [0.05, 0.1) is 23.0 Å². The molecule has 0 bridgehead atoms. The number of benzene rings is 3. The average Bonchev–Trinajstić information content (AvgIpc) is 3.29. The third-order valence-electron chi connectivity index (χ3n) is 8.37. The topological polar surface area (TPSA) is 159 Å². The summed E-state index contributed by atoms with van der Waals surface area (Å²) in [7, 11) is 0. The molecule has 1 aromatic heterocycles. The number of ether oxygens (including phenoxy) is 3. The Morgan fingerprint density at radius 1 is 1.00 bits per heavy atom. The molecule has 12 nitrogen and oxygen atoms in total. The summed E-state index contributed by atoms with van der Waals surface area (Å²) >= 11 is 0. The number of esters is 1. The van der Waals surface area contributed by atoms with Crippen molar-refractivity contribution in [3.8, 4) is 11.5 Å². The number of para-hydroxylation sites is 1. The van der Waals surface area contributed by atoms with Crippen LogP contribution in [0.5, 0.6) is 11.5 Å². The summed E-state index contributed by atoms with van der Waals surface area (Å²) in [5.41, 5.74) is 1.74. The molecule has 46 heavy (non-hydrogen) atoms. The highest BCUT2D eigenvalue weighted by atomic mass is 16.6. The first-order chi connectivity index (χ1) is 22.1. The number of nitro benzene ring substituents is 1. The number of carbonyl (C=O) groups is 2. The fourth-order valence-electron chi connectivity index (χ4n) is 5.97. The zero-order valence-corrected chi connectivity index (χ0v) is 25.0. The molecule has 4 atom stereocenters. The number of fused-ring (bicyclic) bond motifs is 2. The summed E-state index contributed by atoms with van der Waals surface area (Å²) in [6.45, 7) is 3.37. The van der Waals surface area contributed by atoms with E-state index in [1.165, 1.54) is 35.2 Å². The molecule has 0 saturated carbocycles. The van der Waals surface area contributed by atoms with Crippen LogP contribution in [0.4, 0.5) is 5.69 Å². The largest absolute Gasteiger partial charge is 0.489 e. The monoisotopic (exact) mass is 626 g/mol. The third-order valence-corrected chi connectivity index (χ3v) is 8.37. The van der Waals surface area contributed by atoms with Gasteiger partial charge in [0.25, 0.3) is 5.69 Å². The molecule has 0 aliphatic carbocycles. The van der Waals surface area contributed by atoms with Gasteiger partial charge in [0.1, 0.15) is 42.6 Å². The van der Waals surface area contributed by atoms with Crippen molar-refractivity contribution in [2.45, 2.75) is 39.2 Å². The number of carbonyl (C=O) groups excluding carboxylic acids is 2. The molecule has 12 heteroatoms. The van der Waals surface area contributed by atoms with Crippen LogP contribution in [0.3, 0.4) is 0 Å². The van der Waals surface area contributed by atoms with Gasteiger partial charge in [-0.05, 0) is 48.9 Å². The molecular formula is C34H30N2O10. The van der Waals surface area contributed by atoms with Crippen molar-refractivity contribution in [2.24, 2.45) is 11.8 Å². The Morgan fingerprint density at radius 2 is 1.74 bits per heavy atom. The van der Waals surface area contributed by atoms with Gasteiger partial charge in [0, 0.05) is 46.7 Å². The van der Waals surface area contributed by atoms with Crippen molar-refractivity contribution in [1.82, 2.24) is 4.90 Å². The number of nitro groups is 1. The summed E-state index contributed by atoms with van der Waals surface area (Å²) in [4.78, 5) is 50.0. The molecule has 2 aliphatic heterocycles. The van der Waals surface area contributed by atoms with Gasteiger partial charge in [-0.2, -0.15) is 0 Å². The molecule has 2 aliphatic rings. The number of aliphatic hydroxyl groups excluding tert-OH is 1. The fourth-order valence-corrected chi connectivity index (χ4v) is 5.97. The Labute approximate surface area is 262 Å². The first-order valence-corrected chi connectivity index (χ1v) is 14.6. The van der Waals surface area contributed by atoms with Crippen molar-refractivity contribution in [1.29, 1.82) is 0 Å². The molecule has 3 aromatic carbocycles. The van der Waals surface area contributed by atoms with E-state index in [0.717, 1.165) is 5.39 Å². The van der Waals surface area contributed by atoms with Crippen molar-refractivity contribution in [2.75, 3.05) is 6.61 Å².